The van der Waals surface area contributed by atoms with Crippen molar-refractivity contribution < 1.29 is 0 Å². The molecule has 1 aromatic carbocycles. The lowest BCUT2D eigenvalue weighted by molar-refractivity contribution is 0.173. The van der Waals surface area contributed by atoms with Crippen LogP contribution in [0.5, 0.6) is 0 Å². The zero-order valence-corrected chi connectivity index (χ0v) is 19.3. The van der Waals surface area contributed by atoms with Crippen LogP contribution in [0.25, 0.3) is 5.57 Å². The summed E-state index contributed by atoms with van der Waals surface area (Å²) in [7, 11) is 0. The Kier molecular flexibility index (Phi) is 5.54. The Hall–Kier alpha value is -1.04. The van der Waals surface area contributed by atoms with Crippen LogP contribution >= 0.6 is 0 Å². The summed E-state index contributed by atoms with van der Waals surface area (Å²) in [6, 6.07) is 2.63. The molecule has 0 nitrogen and oxygen atoms in total. The predicted molar refractivity (Wildman–Crippen MR) is 123 cm³/mol. The quantitative estimate of drug-likeness (QED) is 0.488. The molecule has 0 spiro atoms. The molecule has 154 valence electrons. The first-order valence-electron chi connectivity index (χ1n) is 12.2. The van der Waals surface area contributed by atoms with Crippen molar-refractivity contribution in [2.45, 2.75) is 99.3 Å². The summed E-state index contributed by atoms with van der Waals surface area (Å²) in [5.41, 5.74) is 10.5. The van der Waals surface area contributed by atoms with E-state index in [1.165, 1.54) is 57.8 Å². The van der Waals surface area contributed by atoms with Gasteiger partial charge in [-0.05, 0) is 114 Å². The maximum absolute atomic E-state index is 2.65. The fourth-order valence-corrected chi connectivity index (χ4v) is 6.70. The Balaban J connectivity index is 1.59. The zero-order chi connectivity index (χ0) is 20.1. The zero-order valence-electron chi connectivity index (χ0n) is 19.3. The minimum atomic E-state index is 0.406. The highest BCUT2D eigenvalue weighted by Gasteiger charge is 2.46. The van der Waals surface area contributed by atoms with Gasteiger partial charge in [-0.25, -0.2) is 0 Å². The minimum absolute atomic E-state index is 0.406. The lowest BCUT2D eigenvalue weighted by Crippen LogP contribution is -2.33. The maximum atomic E-state index is 2.65. The Morgan fingerprint density at radius 3 is 2.50 bits per heavy atom. The molecule has 1 aromatic rings. The molecule has 0 saturated heterocycles. The van der Waals surface area contributed by atoms with E-state index in [-0.39, 0.29) is 0 Å². The van der Waals surface area contributed by atoms with Gasteiger partial charge in [0.15, 0.2) is 0 Å². The van der Waals surface area contributed by atoms with E-state index in [1.54, 1.807) is 33.4 Å². The van der Waals surface area contributed by atoms with Crippen molar-refractivity contribution in [1.82, 2.24) is 0 Å². The summed E-state index contributed by atoms with van der Waals surface area (Å²) in [6.45, 7) is 14.8. The third kappa shape index (κ3) is 3.29. The Morgan fingerprint density at radius 2 is 1.75 bits per heavy atom. The van der Waals surface area contributed by atoms with Crippen LogP contribution in [0.3, 0.4) is 0 Å². The van der Waals surface area contributed by atoms with Crippen molar-refractivity contribution in [3.63, 3.8) is 0 Å². The van der Waals surface area contributed by atoms with E-state index in [1.807, 2.05) is 0 Å². The van der Waals surface area contributed by atoms with Crippen LogP contribution in [0, 0.1) is 36.0 Å². The number of aryl methyl sites for hydroxylation is 1. The number of allylic oxidation sites excluding steroid dienone is 2. The largest absolute Gasteiger partial charge is 0.0798 e. The molecule has 28 heavy (non-hydrogen) atoms. The highest BCUT2D eigenvalue weighted by molar-refractivity contribution is 5.78. The van der Waals surface area contributed by atoms with Crippen LogP contribution < -0.4 is 0 Å². The number of benzene rings is 1. The summed E-state index contributed by atoms with van der Waals surface area (Å²) in [6.07, 6.45) is 14.8. The molecular formula is C28H42. The molecule has 0 radical (unpaired) electrons. The SMILES string of the molecule is Cc1c2c(cc3c1CC[C@@]1(C)C3=CC[C@@H]1[C@H](C)CC[C@H](C)C(C)C)CCCC2. The van der Waals surface area contributed by atoms with Gasteiger partial charge >= 0.3 is 0 Å². The van der Waals surface area contributed by atoms with Crippen molar-refractivity contribution in [3.05, 3.63) is 40.0 Å². The van der Waals surface area contributed by atoms with E-state index >= 15 is 0 Å². The van der Waals surface area contributed by atoms with Gasteiger partial charge in [0, 0.05) is 0 Å². The molecule has 4 atom stereocenters. The van der Waals surface area contributed by atoms with Crippen LogP contribution in [0.2, 0.25) is 0 Å². The van der Waals surface area contributed by atoms with E-state index in [2.05, 4.69) is 53.7 Å². The van der Waals surface area contributed by atoms with Gasteiger partial charge < -0.3 is 0 Å². The summed E-state index contributed by atoms with van der Waals surface area (Å²) in [4.78, 5) is 0. The van der Waals surface area contributed by atoms with E-state index in [9.17, 15) is 0 Å². The van der Waals surface area contributed by atoms with E-state index in [0.29, 0.717) is 5.41 Å². The van der Waals surface area contributed by atoms with Gasteiger partial charge in [-0.15, -0.1) is 0 Å². The molecule has 0 aliphatic heterocycles. The lowest BCUT2D eigenvalue weighted by atomic mass is 9.61. The third-order valence-electron chi connectivity index (χ3n) is 9.16. The first-order chi connectivity index (χ1) is 13.3. The van der Waals surface area contributed by atoms with Gasteiger partial charge in [0.2, 0.25) is 0 Å². The van der Waals surface area contributed by atoms with Crippen LogP contribution in [0.4, 0.5) is 0 Å². The van der Waals surface area contributed by atoms with E-state index < -0.39 is 0 Å². The molecular weight excluding hydrogens is 336 g/mol. The van der Waals surface area contributed by atoms with Crippen molar-refractivity contribution in [3.8, 4) is 0 Å². The first kappa shape index (κ1) is 20.2. The number of hydrogen-bond acceptors (Lipinski definition) is 0. The summed E-state index contributed by atoms with van der Waals surface area (Å²) in [5, 5.41) is 0. The average Bonchev–Trinajstić information content (AvgIpc) is 3.03. The number of rotatable bonds is 5. The van der Waals surface area contributed by atoms with E-state index in [0.717, 1.165) is 23.7 Å². The standard InChI is InChI=1S/C28H42/c1-18(2)19(3)11-12-20(4)26-13-14-27-25-17-22-9-7-8-10-23(22)21(5)24(25)15-16-28(26,27)6/h14,17-20,26H,7-13,15-16H2,1-6H3/t19-,20+,26+,28+/m0/s1. The van der Waals surface area contributed by atoms with Crippen molar-refractivity contribution in [2.75, 3.05) is 0 Å². The van der Waals surface area contributed by atoms with Crippen LogP contribution in [-0.2, 0) is 19.3 Å². The van der Waals surface area contributed by atoms with Gasteiger partial charge in [-0.3, -0.25) is 0 Å². The van der Waals surface area contributed by atoms with Crippen LogP contribution in [0.1, 0.15) is 101 Å². The molecule has 0 N–H and O–H groups in total. The Labute approximate surface area is 174 Å². The topological polar surface area (TPSA) is 0 Å². The monoisotopic (exact) mass is 378 g/mol. The predicted octanol–water partition coefficient (Wildman–Crippen LogP) is 7.94. The van der Waals surface area contributed by atoms with Crippen molar-refractivity contribution >= 4 is 5.57 Å². The highest BCUT2D eigenvalue weighted by atomic mass is 14.5. The maximum Gasteiger partial charge on any atom is -0.00355 e. The van der Waals surface area contributed by atoms with Crippen LogP contribution in [0.15, 0.2) is 12.1 Å². The molecule has 4 rings (SSSR count). The fourth-order valence-electron chi connectivity index (χ4n) is 6.70. The smallest absolute Gasteiger partial charge is 0.00355 e. The molecule has 0 heteroatoms. The molecule has 0 unspecified atom stereocenters. The molecule has 0 fully saturated rings. The summed E-state index contributed by atoms with van der Waals surface area (Å²) in [5.74, 6) is 3.34. The normalized spacial score (nSPS) is 28.4. The van der Waals surface area contributed by atoms with Crippen molar-refractivity contribution in [1.29, 1.82) is 0 Å². The third-order valence-corrected chi connectivity index (χ3v) is 9.16. The summed E-state index contributed by atoms with van der Waals surface area (Å²) < 4.78 is 0. The van der Waals surface area contributed by atoms with Crippen LogP contribution in [-0.4, -0.2) is 0 Å². The van der Waals surface area contributed by atoms with Gasteiger partial charge in [0.25, 0.3) is 0 Å². The Morgan fingerprint density at radius 1 is 1.00 bits per heavy atom. The summed E-state index contributed by atoms with van der Waals surface area (Å²) >= 11 is 0. The second-order valence-electron chi connectivity index (χ2n) is 11.0. The number of hydrogen-bond donors (Lipinski definition) is 0. The number of fused-ring (bicyclic) bond motifs is 4. The highest BCUT2D eigenvalue weighted by Crippen LogP contribution is 2.58. The lowest BCUT2D eigenvalue weighted by Gasteiger charge is -2.43. The minimum Gasteiger partial charge on any atom is -0.0798 e. The molecule has 0 bridgehead atoms. The van der Waals surface area contributed by atoms with Gasteiger partial charge in [-0.2, -0.15) is 0 Å². The van der Waals surface area contributed by atoms with E-state index in [4.69, 9.17) is 0 Å². The molecule has 0 amide bonds. The molecule has 0 saturated carbocycles. The van der Waals surface area contributed by atoms with Crippen molar-refractivity contribution in [2.24, 2.45) is 29.1 Å². The second-order valence-corrected chi connectivity index (χ2v) is 11.0. The first-order valence-corrected chi connectivity index (χ1v) is 12.2. The molecule has 0 aromatic heterocycles. The average molecular weight is 379 g/mol. The second kappa shape index (κ2) is 7.66. The van der Waals surface area contributed by atoms with Gasteiger partial charge in [0.05, 0.1) is 0 Å². The molecule has 3 aliphatic rings. The fraction of sp³-hybridized carbons (Fsp3) is 0.714. The molecule has 0 heterocycles. The molecule has 3 aliphatic carbocycles. The van der Waals surface area contributed by atoms with Gasteiger partial charge in [-0.1, -0.05) is 59.6 Å². The van der Waals surface area contributed by atoms with Gasteiger partial charge in [0.1, 0.15) is 0 Å². The Bertz CT molecular complexity index is 765.